The van der Waals surface area contributed by atoms with Gasteiger partial charge in [0.15, 0.2) is 0 Å². The molecule has 2 aliphatic rings. The van der Waals surface area contributed by atoms with Crippen LogP contribution >= 0.6 is 0 Å². The molecule has 1 aliphatic heterocycles. The molecule has 0 spiro atoms. The number of piperidine rings is 1. The highest BCUT2D eigenvalue weighted by Crippen LogP contribution is 2.22. The number of likely N-dealkylation sites (tertiary alicyclic amines) is 1. The number of nitrogens with two attached hydrogens (primary N) is 1. The Hall–Kier alpha value is -0.610. The Balaban J connectivity index is 1.84. The summed E-state index contributed by atoms with van der Waals surface area (Å²) in [5, 5.41) is 0. The van der Waals surface area contributed by atoms with Gasteiger partial charge in [-0.3, -0.25) is 9.69 Å². The summed E-state index contributed by atoms with van der Waals surface area (Å²) in [5.74, 6) is 0.990. The number of nitrogens with zero attached hydrogens (tertiary/aromatic N) is 2. The molecule has 0 aromatic heterocycles. The van der Waals surface area contributed by atoms with E-state index in [-0.39, 0.29) is 0 Å². The minimum absolute atomic E-state index is 0.327. The van der Waals surface area contributed by atoms with Gasteiger partial charge < -0.3 is 10.6 Å². The van der Waals surface area contributed by atoms with Crippen LogP contribution in [-0.2, 0) is 4.79 Å². The zero-order chi connectivity index (χ0) is 14.5. The van der Waals surface area contributed by atoms with Gasteiger partial charge in [0.25, 0.3) is 0 Å². The predicted octanol–water partition coefficient (Wildman–Crippen LogP) is 1.84. The third-order valence-electron chi connectivity index (χ3n) is 5.01. The first-order valence-corrected chi connectivity index (χ1v) is 8.37. The molecule has 1 unspecified atom stereocenters. The fourth-order valence-corrected chi connectivity index (χ4v) is 3.66. The van der Waals surface area contributed by atoms with Crippen molar-refractivity contribution in [3.05, 3.63) is 0 Å². The maximum Gasteiger partial charge on any atom is 0.236 e. The fourth-order valence-electron chi connectivity index (χ4n) is 3.66. The lowest BCUT2D eigenvalue weighted by atomic mass is 9.90. The summed E-state index contributed by atoms with van der Waals surface area (Å²) in [5.41, 5.74) is 5.98. The minimum Gasteiger partial charge on any atom is -0.341 e. The summed E-state index contributed by atoms with van der Waals surface area (Å²) in [4.78, 5) is 16.9. The molecule has 1 heterocycles. The van der Waals surface area contributed by atoms with Crippen molar-refractivity contribution >= 4 is 5.91 Å². The van der Waals surface area contributed by atoms with Gasteiger partial charge >= 0.3 is 0 Å². The molecule has 2 fully saturated rings. The first-order chi connectivity index (χ1) is 9.60. The summed E-state index contributed by atoms with van der Waals surface area (Å²) in [6, 6.07) is 0.939. The standard InChI is InChI=1S/C16H31N3O/c1-3-18(15-8-6-14(17)7-9-15)12-16(20)19-10-4-5-13(2)11-19/h13-15H,3-12,17H2,1-2H3. The second kappa shape index (κ2) is 7.41. The van der Waals surface area contributed by atoms with Crippen LogP contribution in [0.3, 0.4) is 0 Å². The highest BCUT2D eigenvalue weighted by molar-refractivity contribution is 5.78. The fraction of sp³-hybridized carbons (Fsp3) is 0.938. The maximum absolute atomic E-state index is 12.5. The van der Waals surface area contributed by atoms with Crippen molar-refractivity contribution in [2.75, 3.05) is 26.2 Å². The van der Waals surface area contributed by atoms with Gasteiger partial charge in [-0.05, 0) is 51.0 Å². The van der Waals surface area contributed by atoms with E-state index in [9.17, 15) is 4.79 Å². The Kier molecular flexibility index (Phi) is 5.85. The number of carbonyl (C=O) groups is 1. The van der Waals surface area contributed by atoms with Crippen LogP contribution in [0.15, 0.2) is 0 Å². The second-order valence-electron chi connectivity index (χ2n) is 6.72. The second-order valence-corrected chi connectivity index (χ2v) is 6.72. The molecule has 4 nitrogen and oxygen atoms in total. The van der Waals surface area contributed by atoms with Crippen LogP contribution in [0.25, 0.3) is 0 Å². The Bertz CT molecular complexity index is 313. The molecule has 1 amide bonds. The van der Waals surface area contributed by atoms with Crippen LogP contribution in [0.2, 0.25) is 0 Å². The van der Waals surface area contributed by atoms with E-state index in [2.05, 4.69) is 23.6 Å². The number of amides is 1. The van der Waals surface area contributed by atoms with Gasteiger partial charge in [-0.1, -0.05) is 13.8 Å². The highest BCUT2D eigenvalue weighted by atomic mass is 16.2. The lowest BCUT2D eigenvalue weighted by molar-refractivity contribution is -0.134. The number of likely N-dealkylation sites (N-methyl/N-ethyl adjacent to an activating group) is 1. The van der Waals surface area contributed by atoms with E-state index in [1.807, 2.05) is 0 Å². The maximum atomic E-state index is 12.5. The molecule has 4 heteroatoms. The number of rotatable bonds is 4. The monoisotopic (exact) mass is 281 g/mol. The summed E-state index contributed by atoms with van der Waals surface area (Å²) in [6.07, 6.45) is 6.95. The average molecular weight is 281 g/mol. The molecule has 20 heavy (non-hydrogen) atoms. The largest absolute Gasteiger partial charge is 0.341 e. The zero-order valence-corrected chi connectivity index (χ0v) is 13.2. The molecule has 0 aromatic rings. The van der Waals surface area contributed by atoms with Gasteiger partial charge in [-0.25, -0.2) is 0 Å². The molecule has 0 bridgehead atoms. The topological polar surface area (TPSA) is 49.6 Å². The van der Waals surface area contributed by atoms with Crippen LogP contribution < -0.4 is 5.73 Å². The lowest BCUT2D eigenvalue weighted by Gasteiger charge is -2.37. The first-order valence-electron chi connectivity index (χ1n) is 8.37. The molecular weight excluding hydrogens is 250 g/mol. The van der Waals surface area contributed by atoms with Gasteiger partial charge in [0.05, 0.1) is 6.54 Å². The summed E-state index contributed by atoms with van der Waals surface area (Å²) < 4.78 is 0. The zero-order valence-electron chi connectivity index (χ0n) is 13.2. The van der Waals surface area contributed by atoms with Crippen LogP contribution in [0, 0.1) is 5.92 Å². The van der Waals surface area contributed by atoms with E-state index < -0.39 is 0 Å². The molecule has 1 saturated heterocycles. The quantitative estimate of drug-likeness (QED) is 0.855. The highest BCUT2D eigenvalue weighted by Gasteiger charge is 2.27. The van der Waals surface area contributed by atoms with E-state index in [1.54, 1.807) is 0 Å². The van der Waals surface area contributed by atoms with E-state index in [4.69, 9.17) is 5.73 Å². The Morgan fingerprint density at radius 3 is 2.55 bits per heavy atom. The third kappa shape index (κ3) is 4.19. The predicted molar refractivity (Wildman–Crippen MR) is 82.5 cm³/mol. The molecular formula is C16H31N3O. The van der Waals surface area contributed by atoms with E-state index in [1.165, 1.54) is 6.42 Å². The Morgan fingerprint density at radius 1 is 1.25 bits per heavy atom. The lowest BCUT2D eigenvalue weighted by Crippen LogP contribution is -2.48. The first kappa shape index (κ1) is 15.8. The van der Waals surface area contributed by atoms with Crippen molar-refractivity contribution in [1.82, 2.24) is 9.80 Å². The Labute approximate surface area is 123 Å². The van der Waals surface area contributed by atoms with Crippen molar-refractivity contribution in [2.45, 2.75) is 64.5 Å². The van der Waals surface area contributed by atoms with Crippen LogP contribution in [-0.4, -0.2) is 54.0 Å². The SMILES string of the molecule is CCN(CC(=O)N1CCCC(C)C1)C1CCC(N)CC1. The average Bonchev–Trinajstić information content (AvgIpc) is 2.45. The van der Waals surface area contributed by atoms with Crippen molar-refractivity contribution in [1.29, 1.82) is 0 Å². The number of hydrogen-bond acceptors (Lipinski definition) is 3. The number of hydrogen-bond donors (Lipinski definition) is 1. The van der Waals surface area contributed by atoms with Crippen molar-refractivity contribution < 1.29 is 4.79 Å². The van der Waals surface area contributed by atoms with Crippen LogP contribution in [0.4, 0.5) is 0 Å². The molecule has 1 saturated carbocycles. The molecule has 1 aliphatic carbocycles. The van der Waals surface area contributed by atoms with E-state index in [0.29, 0.717) is 30.5 Å². The van der Waals surface area contributed by atoms with Gasteiger partial charge in [0, 0.05) is 25.2 Å². The van der Waals surface area contributed by atoms with Gasteiger partial charge in [-0.15, -0.1) is 0 Å². The summed E-state index contributed by atoms with van der Waals surface area (Å²) >= 11 is 0. The van der Waals surface area contributed by atoms with Gasteiger partial charge in [-0.2, -0.15) is 0 Å². The molecule has 116 valence electrons. The molecule has 2 rings (SSSR count). The van der Waals surface area contributed by atoms with Crippen molar-refractivity contribution in [3.8, 4) is 0 Å². The van der Waals surface area contributed by atoms with Crippen LogP contribution in [0.5, 0.6) is 0 Å². The molecule has 0 radical (unpaired) electrons. The smallest absolute Gasteiger partial charge is 0.236 e. The minimum atomic E-state index is 0.327. The molecule has 1 atom stereocenters. The molecule has 2 N–H and O–H groups in total. The van der Waals surface area contributed by atoms with Gasteiger partial charge in [0.2, 0.25) is 5.91 Å². The van der Waals surface area contributed by atoms with E-state index in [0.717, 1.165) is 51.7 Å². The van der Waals surface area contributed by atoms with Crippen LogP contribution in [0.1, 0.15) is 52.4 Å². The number of carbonyl (C=O) groups excluding carboxylic acids is 1. The normalized spacial score (nSPS) is 31.6. The Morgan fingerprint density at radius 2 is 1.95 bits per heavy atom. The summed E-state index contributed by atoms with van der Waals surface area (Å²) in [6.45, 7) is 7.89. The van der Waals surface area contributed by atoms with Crippen molar-refractivity contribution in [2.24, 2.45) is 11.7 Å². The third-order valence-corrected chi connectivity index (χ3v) is 5.01. The molecule has 0 aromatic carbocycles. The van der Waals surface area contributed by atoms with Crippen molar-refractivity contribution in [3.63, 3.8) is 0 Å². The summed E-state index contributed by atoms with van der Waals surface area (Å²) in [7, 11) is 0. The van der Waals surface area contributed by atoms with Gasteiger partial charge in [0.1, 0.15) is 0 Å². The van der Waals surface area contributed by atoms with E-state index >= 15 is 0 Å².